The molecule has 1 aliphatic rings. The van der Waals surface area contributed by atoms with E-state index in [9.17, 15) is 9.59 Å². The number of likely N-dealkylation sites (tertiary alicyclic amines) is 1. The summed E-state index contributed by atoms with van der Waals surface area (Å²) in [7, 11) is 1.64. The Morgan fingerprint density at radius 1 is 0.927 bits per heavy atom. The average molecular weight is 553 g/mol. The molecule has 7 heteroatoms. The van der Waals surface area contributed by atoms with Crippen molar-refractivity contribution in [3.05, 3.63) is 102 Å². The lowest BCUT2D eigenvalue weighted by Crippen LogP contribution is -2.49. The number of aromatic amines is 1. The lowest BCUT2D eigenvalue weighted by molar-refractivity contribution is -0.124. The van der Waals surface area contributed by atoms with E-state index in [4.69, 9.17) is 4.74 Å². The number of nitrogens with one attached hydrogen (secondary N) is 3. The number of fused-ring (bicyclic) bond motifs is 1. The summed E-state index contributed by atoms with van der Waals surface area (Å²) in [4.78, 5) is 31.6. The molecule has 1 aliphatic heterocycles. The molecular formula is C34H40N4O3. The van der Waals surface area contributed by atoms with Crippen molar-refractivity contribution in [1.82, 2.24) is 20.5 Å². The van der Waals surface area contributed by atoms with Crippen LogP contribution < -0.4 is 15.4 Å². The molecule has 3 aromatic carbocycles. The number of hydrogen-bond donors (Lipinski definition) is 3. The Labute approximate surface area is 242 Å². The van der Waals surface area contributed by atoms with E-state index in [0.717, 1.165) is 53.7 Å². The molecule has 0 saturated carbocycles. The van der Waals surface area contributed by atoms with E-state index in [2.05, 4.69) is 56.9 Å². The number of aryl methyl sites for hydroxylation is 1. The van der Waals surface area contributed by atoms with Crippen molar-refractivity contribution in [2.24, 2.45) is 0 Å². The molecule has 0 bridgehead atoms. The van der Waals surface area contributed by atoms with Gasteiger partial charge in [0.05, 0.1) is 19.7 Å². The van der Waals surface area contributed by atoms with Gasteiger partial charge in [-0.2, -0.15) is 0 Å². The molecule has 4 aromatic rings. The number of benzene rings is 3. The summed E-state index contributed by atoms with van der Waals surface area (Å²) in [6.07, 6.45) is 5.68. The molecule has 1 atom stereocenters. The highest BCUT2D eigenvalue weighted by molar-refractivity contribution is 5.83. The van der Waals surface area contributed by atoms with Crippen LogP contribution in [-0.2, 0) is 22.4 Å². The van der Waals surface area contributed by atoms with Crippen molar-refractivity contribution in [3.63, 3.8) is 0 Å². The second-order valence-corrected chi connectivity index (χ2v) is 10.9. The van der Waals surface area contributed by atoms with Gasteiger partial charge in [-0.15, -0.1) is 0 Å². The van der Waals surface area contributed by atoms with Gasteiger partial charge in [0.15, 0.2) is 0 Å². The molecule has 3 N–H and O–H groups in total. The van der Waals surface area contributed by atoms with Crippen LogP contribution in [0.3, 0.4) is 0 Å². The molecule has 7 nitrogen and oxygen atoms in total. The summed E-state index contributed by atoms with van der Waals surface area (Å²) >= 11 is 0. The number of rotatable bonds is 12. The lowest BCUT2D eigenvalue weighted by Gasteiger charge is -2.32. The molecule has 214 valence electrons. The third-order valence-corrected chi connectivity index (χ3v) is 8.09. The second-order valence-electron chi connectivity index (χ2n) is 10.9. The number of ether oxygens (including phenoxy) is 1. The largest absolute Gasteiger partial charge is 0.496 e. The van der Waals surface area contributed by atoms with E-state index in [1.165, 1.54) is 5.56 Å². The zero-order valence-corrected chi connectivity index (χ0v) is 23.8. The van der Waals surface area contributed by atoms with Crippen LogP contribution in [0.25, 0.3) is 10.9 Å². The SMILES string of the molecule is COc1ccccc1CCC(=O)NCC(Cc1c[nH]c2ccccc12)NC(=O)CN1CCC(c2ccccc2)CC1. The van der Waals surface area contributed by atoms with Crippen molar-refractivity contribution in [2.75, 3.05) is 33.3 Å². The summed E-state index contributed by atoms with van der Waals surface area (Å²) < 4.78 is 5.42. The number of nitrogens with zero attached hydrogens (tertiary/aromatic N) is 1. The number of piperidine rings is 1. The van der Waals surface area contributed by atoms with Crippen molar-refractivity contribution >= 4 is 22.7 Å². The zero-order chi connectivity index (χ0) is 28.4. The van der Waals surface area contributed by atoms with Crippen LogP contribution in [0.2, 0.25) is 0 Å². The highest BCUT2D eigenvalue weighted by atomic mass is 16.5. The van der Waals surface area contributed by atoms with E-state index in [1.54, 1.807) is 7.11 Å². The normalized spacial score (nSPS) is 15.0. The minimum atomic E-state index is -0.223. The molecule has 2 amide bonds. The molecule has 0 aliphatic carbocycles. The molecule has 1 saturated heterocycles. The Morgan fingerprint density at radius 2 is 1.66 bits per heavy atom. The fourth-order valence-corrected chi connectivity index (χ4v) is 5.85. The van der Waals surface area contributed by atoms with Crippen molar-refractivity contribution in [2.45, 2.75) is 44.1 Å². The molecule has 1 aromatic heterocycles. The number of hydrogen-bond acceptors (Lipinski definition) is 4. The van der Waals surface area contributed by atoms with Gasteiger partial charge in [-0.05, 0) is 73.5 Å². The quantitative estimate of drug-likeness (QED) is 0.235. The summed E-state index contributed by atoms with van der Waals surface area (Å²) in [5.74, 6) is 1.29. The Kier molecular flexibility index (Phi) is 9.70. The van der Waals surface area contributed by atoms with E-state index >= 15 is 0 Å². The topological polar surface area (TPSA) is 86.5 Å². The minimum Gasteiger partial charge on any atom is -0.496 e. The van der Waals surface area contributed by atoms with Gasteiger partial charge in [0.1, 0.15) is 5.75 Å². The first kappa shape index (κ1) is 28.4. The number of carbonyl (C=O) groups is 2. The first-order chi connectivity index (χ1) is 20.1. The Morgan fingerprint density at radius 3 is 2.46 bits per heavy atom. The monoisotopic (exact) mass is 552 g/mol. The first-order valence-electron chi connectivity index (χ1n) is 14.6. The fourth-order valence-electron chi connectivity index (χ4n) is 5.85. The molecule has 5 rings (SSSR count). The highest BCUT2D eigenvalue weighted by Gasteiger charge is 2.23. The van der Waals surface area contributed by atoms with Crippen LogP contribution in [0.15, 0.2) is 85.1 Å². The van der Waals surface area contributed by atoms with Crippen LogP contribution in [0.4, 0.5) is 0 Å². The third-order valence-electron chi connectivity index (χ3n) is 8.09. The van der Waals surface area contributed by atoms with Crippen molar-refractivity contribution < 1.29 is 14.3 Å². The van der Waals surface area contributed by atoms with Crippen LogP contribution in [0, 0.1) is 0 Å². The third kappa shape index (κ3) is 7.76. The highest BCUT2D eigenvalue weighted by Crippen LogP contribution is 2.27. The Balaban J connectivity index is 1.17. The first-order valence-corrected chi connectivity index (χ1v) is 14.6. The predicted octanol–water partition coefficient (Wildman–Crippen LogP) is 4.83. The molecule has 1 fully saturated rings. The maximum Gasteiger partial charge on any atom is 0.234 e. The van der Waals surface area contributed by atoms with Crippen molar-refractivity contribution in [1.29, 1.82) is 0 Å². The van der Waals surface area contributed by atoms with Gasteiger partial charge in [-0.25, -0.2) is 0 Å². The van der Waals surface area contributed by atoms with E-state index in [0.29, 0.717) is 38.3 Å². The number of carbonyl (C=O) groups excluding carboxylic acids is 2. The minimum absolute atomic E-state index is 0.00345. The van der Waals surface area contributed by atoms with Gasteiger partial charge in [0, 0.05) is 30.1 Å². The summed E-state index contributed by atoms with van der Waals surface area (Å²) in [5, 5.41) is 7.43. The van der Waals surface area contributed by atoms with Gasteiger partial charge in [-0.3, -0.25) is 14.5 Å². The van der Waals surface area contributed by atoms with Gasteiger partial charge >= 0.3 is 0 Å². The average Bonchev–Trinajstić information content (AvgIpc) is 3.42. The van der Waals surface area contributed by atoms with Gasteiger partial charge < -0.3 is 20.4 Å². The number of para-hydroxylation sites is 2. The predicted molar refractivity (Wildman–Crippen MR) is 163 cm³/mol. The summed E-state index contributed by atoms with van der Waals surface area (Å²) in [6, 6.07) is 26.3. The molecule has 0 spiro atoms. The van der Waals surface area contributed by atoms with E-state index in [-0.39, 0.29) is 17.9 Å². The van der Waals surface area contributed by atoms with Gasteiger partial charge in [-0.1, -0.05) is 66.7 Å². The zero-order valence-electron chi connectivity index (χ0n) is 23.8. The second kappa shape index (κ2) is 14.0. The standard InChI is InChI=1S/C34H40N4O3/c1-41-32-14-8-5-11-27(32)15-16-33(39)36-23-29(21-28-22-35-31-13-7-6-12-30(28)31)37-34(40)24-38-19-17-26(18-20-38)25-9-3-2-4-10-25/h2-14,22,26,29,35H,15-21,23-24H2,1H3,(H,36,39)(H,37,40). The van der Waals surface area contributed by atoms with Crippen molar-refractivity contribution in [3.8, 4) is 5.75 Å². The molecular weight excluding hydrogens is 512 g/mol. The van der Waals surface area contributed by atoms with Gasteiger partial charge in [0.2, 0.25) is 11.8 Å². The molecule has 41 heavy (non-hydrogen) atoms. The summed E-state index contributed by atoms with van der Waals surface area (Å²) in [5.41, 5.74) is 4.58. The Hall–Kier alpha value is -4.10. The molecule has 0 radical (unpaired) electrons. The molecule has 1 unspecified atom stereocenters. The molecule has 2 heterocycles. The number of methoxy groups -OCH3 is 1. The lowest BCUT2D eigenvalue weighted by atomic mass is 9.89. The van der Waals surface area contributed by atoms with Crippen LogP contribution in [-0.4, -0.2) is 61.0 Å². The van der Waals surface area contributed by atoms with Crippen LogP contribution in [0.1, 0.15) is 41.9 Å². The number of amides is 2. The number of aromatic nitrogens is 1. The maximum absolute atomic E-state index is 13.2. The summed E-state index contributed by atoms with van der Waals surface area (Å²) in [6.45, 7) is 2.54. The van der Waals surface area contributed by atoms with E-state index < -0.39 is 0 Å². The number of H-pyrrole nitrogens is 1. The van der Waals surface area contributed by atoms with Crippen LogP contribution in [0.5, 0.6) is 5.75 Å². The smallest absolute Gasteiger partial charge is 0.234 e. The van der Waals surface area contributed by atoms with Crippen LogP contribution >= 0.6 is 0 Å². The van der Waals surface area contributed by atoms with E-state index in [1.807, 2.05) is 48.7 Å². The fraction of sp³-hybridized carbons (Fsp3) is 0.353. The Bertz CT molecular complexity index is 1430. The van der Waals surface area contributed by atoms with Gasteiger partial charge in [0.25, 0.3) is 0 Å². The maximum atomic E-state index is 13.2.